The molecule has 0 fully saturated rings. The smallest absolute Gasteiger partial charge is 0.118 e. The fourth-order valence-electron chi connectivity index (χ4n) is 2.28. The van der Waals surface area contributed by atoms with E-state index in [4.69, 9.17) is 0 Å². The summed E-state index contributed by atoms with van der Waals surface area (Å²) in [5, 5.41) is 18.4. The maximum absolute atomic E-state index is 9.46. The fraction of sp³-hybridized carbons (Fsp3) is 0.176. The number of aryl methyl sites for hydroxylation is 2. The average Bonchev–Trinajstić information content (AvgIpc) is 2.98. The van der Waals surface area contributed by atoms with Gasteiger partial charge in [0.15, 0.2) is 0 Å². The molecule has 4 nitrogen and oxygen atoms in total. The zero-order valence-corrected chi connectivity index (χ0v) is 11.7. The maximum atomic E-state index is 9.46. The van der Waals surface area contributed by atoms with Crippen molar-refractivity contribution in [1.29, 1.82) is 0 Å². The molecule has 106 valence electrons. The molecule has 1 aromatic heterocycles. The lowest BCUT2D eigenvalue weighted by atomic mass is 10.1. The van der Waals surface area contributed by atoms with Crippen LogP contribution in [0, 0.1) is 0 Å². The Kier molecular flexibility index (Phi) is 4.07. The van der Waals surface area contributed by atoms with Gasteiger partial charge in [-0.15, -0.1) is 0 Å². The Morgan fingerprint density at radius 1 is 0.857 bits per heavy atom. The van der Waals surface area contributed by atoms with Crippen LogP contribution in [-0.2, 0) is 19.6 Å². The Labute approximate surface area is 123 Å². The van der Waals surface area contributed by atoms with Gasteiger partial charge in [0.25, 0.3) is 0 Å². The van der Waals surface area contributed by atoms with Gasteiger partial charge in [-0.05, 0) is 12.0 Å². The van der Waals surface area contributed by atoms with E-state index in [2.05, 4.69) is 22.3 Å². The highest BCUT2D eigenvalue weighted by molar-refractivity contribution is 5.60. The molecule has 0 spiro atoms. The SMILES string of the molecule is OCc1nn(CCc2ccccc2)nc1-c1ccccc1. The van der Waals surface area contributed by atoms with Crippen LogP contribution in [0.15, 0.2) is 60.7 Å². The predicted octanol–water partition coefficient (Wildman–Crippen LogP) is 2.68. The van der Waals surface area contributed by atoms with Crippen LogP contribution < -0.4 is 0 Å². The van der Waals surface area contributed by atoms with E-state index in [9.17, 15) is 5.11 Å². The Morgan fingerprint density at radius 3 is 2.19 bits per heavy atom. The summed E-state index contributed by atoms with van der Waals surface area (Å²) in [6.07, 6.45) is 0.870. The Balaban J connectivity index is 1.80. The summed E-state index contributed by atoms with van der Waals surface area (Å²) in [7, 11) is 0. The third-order valence-electron chi connectivity index (χ3n) is 3.37. The van der Waals surface area contributed by atoms with E-state index >= 15 is 0 Å². The number of aliphatic hydroxyl groups excluding tert-OH is 1. The second-order valence-electron chi connectivity index (χ2n) is 4.85. The number of nitrogens with zero attached hydrogens (tertiary/aromatic N) is 3. The van der Waals surface area contributed by atoms with Crippen molar-refractivity contribution < 1.29 is 5.11 Å². The summed E-state index contributed by atoms with van der Waals surface area (Å²) in [5.74, 6) is 0. The first-order chi connectivity index (χ1) is 10.4. The summed E-state index contributed by atoms with van der Waals surface area (Å²) in [6.45, 7) is 0.597. The third kappa shape index (κ3) is 3.17. The molecule has 3 rings (SSSR count). The maximum Gasteiger partial charge on any atom is 0.118 e. The monoisotopic (exact) mass is 279 g/mol. The standard InChI is InChI=1S/C17H17N3O/c21-13-16-17(15-9-5-2-6-10-15)19-20(18-16)12-11-14-7-3-1-4-8-14/h1-10,21H,11-13H2. The van der Waals surface area contributed by atoms with Crippen molar-refractivity contribution in [3.63, 3.8) is 0 Å². The first-order valence-electron chi connectivity index (χ1n) is 7.01. The molecule has 0 aliphatic carbocycles. The highest BCUT2D eigenvalue weighted by Crippen LogP contribution is 2.19. The van der Waals surface area contributed by atoms with Gasteiger partial charge in [0.05, 0.1) is 13.2 Å². The van der Waals surface area contributed by atoms with Gasteiger partial charge in [0, 0.05) is 5.56 Å². The van der Waals surface area contributed by atoms with Crippen molar-refractivity contribution in [3.8, 4) is 11.3 Å². The summed E-state index contributed by atoms with van der Waals surface area (Å²) in [4.78, 5) is 1.67. The molecule has 0 aliphatic rings. The van der Waals surface area contributed by atoms with Crippen LogP contribution in [0.5, 0.6) is 0 Å². The lowest BCUT2D eigenvalue weighted by Gasteiger charge is -2.00. The molecule has 0 saturated carbocycles. The van der Waals surface area contributed by atoms with Gasteiger partial charge in [0.1, 0.15) is 11.4 Å². The van der Waals surface area contributed by atoms with Gasteiger partial charge in [-0.2, -0.15) is 15.0 Å². The number of aliphatic hydroxyl groups is 1. The lowest BCUT2D eigenvalue weighted by molar-refractivity contribution is 0.275. The van der Waals surface area contributed by atoms with Crippen molar-refractivity contribution in [1.82, 2.24) is 15.0 Å². The van der Waals surface area contributed by atoms with E-state index < -0.39 is 0 Å². The van der Waals surface area contributed by atoms with Crippen molar-refractivity contribution in [3.05, 3.63) is 71.9 Å². The largest absolute Gasteiger partial charge is 0.390 e. The summed E-state index contributed by atoms with van der Waals surface area (Å²) < 4.78 is 0. The highest BCUT2D eigenvalue weighted by Gasteiger charge is 2.11. The minimum atomic E-state index is -0.102. The summed E-state index contributed by atoms with van der Waals surface area (Å²) in [5.41, 5.74) is 3.61. The van der Waals surface area contributed by atoms with Crippen molar-refractivity contribution in [2.75, 3.05) is 0 Å². The van der Waals surface area contributed by atoms with Crippen LogP contribution in [-0.4, -0.2) is 20.1 Å². The van der Waals surface area contributed by atoms with Crippen molar-refractivity contribution in [2.45, 2.75) is 19.6 Å². The Hall–Kier alpha value is -2.46. The molecule has 1 heterocycles. The van der Waals surface area contributed by atoms with E-state index in [0.717, 1.165) is 17.7 Å². The van der Waals surface area contributed by atoms with E-state index in [1.165, 1.54) is 5.56 Å². The Morgan fingerprint density at radius 2 is 1.52 bits per heavy atom. The number of aromatic nitrogens is 3. The second-order valence-corrected chi connectivity index (χ2v) is 4.85. The molecule has 1 N–H and O–H groups in total. The van der Waals surface area contributed by atoms with Crippen molar-refractivity contribution in [2.24, 2.45) is 0 Å². The van der Waals surface area contributed by atoms with Gasteiger partial charge >= 0.3 is 0 Å². The Bertz CT molecular complexity index is 693. The zero-order valence-electron chi connectivity index (χ0n) is 11.7. The second kappa shape index (κ2) is 6.33. The molecule has 0 aliphatic heterocycles. The van der Waals surface area contributed by atoms with Crippen LogP contribution in [0.2, 0.25) is 0 Å². The number of benzene rings is 2. The van der Waals surface area contributed by atoms with Gasteiger partial charge in [-0.1, -0.05) is 60.7 Å². The molecule has 0 bridgehead atoms. The highest BCUT2D eigenvalue weighted by atomic mass is 16.3. The molecule has 0 unspecified atom stereocenters. The molecule has 2 aromatic carbocycles. The van der Waals surface area contributed by atoms with Gasteiger partial charge in [-0.25, -0.2) is 0 Å². The van der Waals surface area contributed by atoms with Crippen LogP contribution in [0.3, 0.4) is 0 Å². The molecular weight excluding hydrogens is 262 g/mol. The zero-order chi connectivity index (χ0) is 14.5. The first-order valence-corrected chi connectivity index (χ1v) is 7.01. The molecule has 3 aromatic rings. The quantitative estimate of drug-likeness (QED) is 0.781. The minimum Gasteiger partial charge on any atom is -0.390 e. The predicted molar refractivity (Wildman–Crippen MR) is 81.5 cm³/mol. The van der Waals surface area contributed by atoms with Gasteiger partial charge in [0.2, 0.25) is 0 Å². The van der Waals surface area contributed by atoms with E-state index in [1.807, 2.05) is 48.5 Å². The third-order valence-corrected chi connectivity index (χ3v) is 3.37. The topological polar surface area (TPSA) is 50.9 Å². The normalized spacial score (nSPS) is 10.7. The van der Waals surface area contributed by atoms with Gasteiger partial charge < -0.3 is 5.11 Å². The molecule has 0 amide bonds. The van der Waals surface area contributed by atoms with Crippen LogP contribution in [0.4, 0.5) is 0 Å². The van der Waals surface area contributed by atoms with Crippen LogP contribution in [0.25, 0.3) is 11.3 Å². The van der Waals surface area contributed by atoms with Crippen LogP contribution >= 0.6 is 0 Å². The molecular formula is C17H17N3O. The molecule has 0 saturated heterocycles. The first kappa shape index (κ1) is 13.5. The minimum absolute atomic E-state index is 0.102. The van der Waals surface area contributed by atoms with Crippen molar-refractivity contribution >= 4 is 0 Å². The molecule has 0 radical (unpaired) electrons. The number of rotatable bonds is 5. The lowest BCUT2D eigenvalue weighted by Crippen LogP contribution is -2.05. The average molecular weight is 279 g/mol. The molecule has 4 heteroatoms. The number of hydrogen-bond acceptors (Lipinski definition) is 3. The van der Waals surface area contributed by atoms with Crippen LogP contribution in [0.1, 0.15) is 11.3 Å². The summed E-state index contributed by atoms with van der Waals surface area (Å²) in [6, 6.07) is 20.1. The van der Waals surface area contributed by atoms with Gasteiger partial charge in [-0.3, -0.25) is 0 Å². The fourth-order valence-corrected chi connectivity index (χ4v) is 2.28. The molecule has 21 heavy (non-hydrogen) atoms. The molecule has 0 atom stereocenters. The van der Waals surface area contributed by atoms with E-state index in [1.54, 1.807) is 4.80 Å². The summed E-state index contributed by atoms with van der Waals surface area (Å²) >= 11 is 0. The van der Waals surface area contributed by atoms with E-state index in [0.29, 0.717) is 12.2 Å². The van der Waals surface area contributed by atoms with E-state index in [-0.39, 0.29) is 6.61 Å². The number of hydrogen-bond donors (Lipinski definition) is 1.